The van der Waals surface area contributed by atoms with Crippen LogP contribution < -0.4 is 22.1 Å². The molecule has 0 atom stereocenters. The van der Waals surface area contributed by atoms with Crippen molar-refractivity contribution in [3.05, 3.63) is 102 Å². The van der Waals surface area contributed by atoms with Crippen molar-refractivity contribution in [3.63, 3.8) is 0 Å². The molecule has 6 N–H and O–H groups in total. The summed E-state index contributed by atoms with van der Waals surface area (Å²) in [5.41, 5.74) is 16.4. The largest absolute Gasteiger partial charge is 0.398 e. The van der Waals surface area contributed by atoms with Crippen molar-refractivity contribution in [2.45, 2.75) is 0 Å². The Morgan fingerprint density at radius 1 is 0.892 bits per heavy atom. The number of aromatic nitrogens is 3. The van der Waals surface area contributed by atoms with Crippen molar-refractivity contribution in [3.8, 4) is 22.4 Å². The molecule has 0 radical (unpaired) electrons. The van der Waals surface area contributed by atoms with Gasteiger partial charge >= 0.3 is 0 Å². The van der Waals surface area contributed by atoms with Crippen LogP contribution >= 0.6 is 11.3 Å². The van der Waals surface area contributed by atoms with E-state index in [1.165, 1.54) is 17.5 Å². The number of hydrogen-bond acceptors (Lipinski definition) is 8. The third-order valence-electron chi connectivity index (χ3n) is 5.47. The van der Waals surface area contributed by atoms with E-state index >= 15 is 0 Å². The van der Waals surface area contributed by atoms with Gasteiger partial charge in [0.05, 0.1) is 11.3 Å². The fourth-order valence-corrected chi connectivity index (χ4v) is 4.45. The molecule has 0 saturated carbocycles. The molecular weight excluding hydrogens is 486 g/mol. The molecule has 3 heterocycles. The van der Waals surface area contributed by atoms with Crippen LogP contribution in [0.25, 0.3) is 22.4 Å². The fourth-order valence-electron chi connectivity index (χ4n) is 3.71. The van der Waals surface area contributed by atoms with E-state index in [4.69, 9.17) is 11.5 Å². The molecule has 5 aromatic rings. The maximum absolute atomic E-state index is 13.1. The second-order valence-electron chi connectivity index (χ2n) is 8.01. The lowest BCUT2D eigenvalue weighted by atomic mass is 10.00. The van der Waals surface area contributed by atoms with Gasteiger partial charge in [-0.25, -0.2) is 9.97 Å². The summed E-state index contributed by atoms with van der Waals surface area (Å²) < 4.78 is 0. The monoisotopic (exact) mass is 507 g/mol. The first-order valence-electron chi connectivity index (χ1n) is 11.2. The number of pyridine rings is 2. The average Bonchev–Trinajstić information content (AvgIpc) is 3.38. The van der Waals surface area contributed by atoms with Crippen LogP contribution in [0, 0.1) is 0 Å². The molecule has 0 aliphatic rings. The molecule has 182 valence electrons. The molecular formula is C27H21N7O2S. The van der Waals surface area contributed by atoms with Crippen molar-refractivity contribution in [2.24, 2.45) is 5.73 Å². The van der Waals surface area contributed by atoms with Crippen LogP contribution in [0.15, 0.2) is 90.7 Å². The van der Waals surface area contributed by atoms with Crippen LogP contribution in [0.1, 0.15) is 20.8 Å². The van der Waals surface area contributed by atoms with E-state index in [9.17, 15) is 9.59 Å². The molecule has 0 bridgehead atoms. The topological polar surface area (TPSA) is 149 Å². The third kappa shape index (κ3) is 5.29. The van der Waals surface area contributed by atoms with Crippen LogP contribution in [0.2, 0.25) is 0 Å². The molecule has 3 aromatic heterocycles. The van der Waals surface area contributed by atoms with E-state index < -0.39 is 11.8 Å². The number of nitrogens with zero attached hydrogens (tertiary/aromatic N) is 3. The van der Waals surface area contributed by atoms with E-state index in [2.05, 4.69) is 25.6 Å². The number of para-hydroxylation sites is 1. The van der Waals surface area contributed by atoms with Gasteiger partial charge in [0.1, 0.15) is 5.69 Å². The molecule has 10 heteroatoms. The zero-order valence-electron chi connectivity index (χ0n) is 19.4. The molecule has 9 nitrogen and oxygen atoms in total. The second-order valence-corrected chi connectivity index (χ2v) is 8.87. The summed E-state index contributed by atoms with van der Waals surface area (Å²) in [7, 11) is 0. The number of anilines is 4. The van der Waals surface area contributed by atoms with E-state index in [0.717, 1.165) is 16.9 Å². The summed E-state index contributed by atoms with van der Waals surface area (Å²) in [5.74, 6) is -1.11. The van der Waals surface area contributed by atoms with Gasteiger partial charge < -0.3 is 22.1 Å². The van der Waals surface area contributed by atoms with Gasteiger partial charge in [-0.1, -0.05) is 24.3 Å². The lowest BCUT2D eigenvalue weighted by molar-refractivity contribution is 0.0991. The number of rotatable bonds is 7. The first-order valence-corrected chi connectivity index (χ1v) is 12.0. The van der Waals surface area contributed by atoms with E-state index in [1.807, 2.05) is 29.6 Å². The molecule has 2 aromatic carbocycles. The average molecular weight is 508 g/mol. The first-order chi connectivity index (χ1) is 18.0. The molecule has 0 saturated heterocycles. The van der Waals surface area contributed by atoms with Gasteiger partial charge in [-0.15, -0.1) is 11.3 Å². The third-order valence-corrected chi connectivity index (χ3v) is 6.23. The van der Waals surface area contributed by atoms with Gasteiger partial charge in [0.25, 0.3) is 11.8 Å². The Balaban J connectivity index is 1.35. The molecule has 0 unspecified atom stereocenters. The molecule has 0 aliphatic carbocycles. The van der Waals surface area contributed by atoms with Crippen molar-refractivity contribution < 1.29 is 9.59 Å². The minimum absolute atomic E-state index is 0.0368. The predicted octanol–water partition coefficient (Wildman–Crippen LogP) is 4.94. The zero-order valence-corrected chi connectivity index (χ0v) is 20.2. The lowest BCUT2D eigenvalue weighted by Crippen LogP contribution is -2.18. The van der Waals surface area contributed by atoms with Crippen LogP contribution in [0.5, 0.6) is 0 Å². The molecule has 0 spiro atoms. The highest BCUT2D eigenvalue weighted by Gasteiger charge is 2.17. The smallest absolute Gasteiger partial charge is 0.267 e. The van der Waals surface area contributed by atoms with Crippen molar-refractivity contribution in [1.82, 2.24) is 15.0 Å². The Labute approximate surface area is 216 Å². The number of carbonyl (C=O) groups excluding carboxylic acids is 2. The quantitative estimate of drug-likeness (QED) is 0.228. The number of nitrogen functional groups attached to an aromatic ring is 1. The van der Waals surface area contributed by atoms with Crippen molar-refractivity contribution >= 4 is 45.3 Å². The van der Waals surface area contributed by atoms with Gasteiger partial charge in [0.2, 0.25) is 0 Å². The van der Waals surface area contributed by atoms with Crippen LogP contribution in [0.4, 0.5) is 22.2 Å². The predicted molar refractivity (Wildman–Crippen MR) is 146 cm³/mol. The molecule has 2 amide bonds. The summed E-state index contributed by atoms with van der Waals surface area (Å²) in [6, 6.07) is 19.6. The fraction of sp³-hybridized carbons (Fsp3) is 0. The molecule has 0 aliphatic heterocycles. The Morgan fingerprint density at radius 3 is 2.51 bits per heavy atom. The highest BCUT2D eigenvalue weighted by molar-refractivity contribution is 7.14. The number of carbonyl (C=O) groups is 2. The molecule has 5 rings (SSSR count). The summed E-state index contributed by atoms with van der Waals surface area (Å²) >= 11 is 1.47. The Kier molecular flexibility index (Phi) is 6.56. The number of thiazole rings is 1. The number of amides is 2. The van der Waals surface area contributed by atoms with E-state index in [1.54, 1.807) is 54.9 Å². The van der Waals surface area contributed by atoms with Crippen LogP contribution in [0.3, 0.4) is 0 Å². The standard InChI is InChI=1S/C27H21N7O2S/c28-22-9-2-1-8-20(22)21-11-17(14-31-24(21)25(29)35)26(36)32-18-6-3-7-19(12-18)33-27-34-23(15-37-27)16-5-4-10-30-13-16/h1-15H,28H2,(H2,29,35)(H,32,36)(H,33,34). The molecule has 0 fully saturated rings. The van der Waals surface area contributed by atoms with Gasteiger partial charge in [-0.3, -0.25) is 14.6 Å². The van der Waals surface area contributed by atoms with E-state index in [-0.39, 0.29) is 11.3 Å². The maximum Gasteiger partial charge on any atom is 0.267 e. The highest BCUT2D eigenvalue weighted by Crippen LogP contribution is 2.30. The van der Waals surface area contributed by atoms with Crippen molar-refractivity contribution in [1.29, 1.82) is 0 Å². The summed E-state index contributed by atoms with van der Waals surface area (Å²) in [6.07, 6.45) is 4.79. The van der Waals surface area contributed by atoms with Gasteiger partial charge in [0.15, 0.2) is 5.13 Å². The SMILES string of the molecule is NC(=O)c1ncc(C(=O)Nc2cccc(Nc3nc(-c4cccnc4)cs3)c2)cc1-c1ccccc1N. The van der Waals surface area contributed by atoms with Crippen LogP contribution in [-0.2, 0) is 0 Å². The zero-order chi connectivity index (χ0) is 25.8. The number of hydrogen-bond donors (Lipinski definition) is 4. The number of benzene rings is 2. The minimum atomic E-state index is -0.710. The van der Waals surface area contributed by atoms with E-state index in [0.29, 0.717) is 27.6 Å². The maximum atomic E-state index is 13.1. The van der Waals surface area contributed by atoms with Crippen LogP contribution in [-0.4, -0.2) is 26.8 Å². The highest BCUT2D eigenvalue weighted by atomic mass is 32.1. The number of nitrogens with two attached hydrogens (primary N) is 2. The summed E-state index contributed by atoms with van der Waals surface area (Å²) in [4.78, 5) is 37.9. The number of nitrogens with one attached hydrogen (secondary N) is 2. The van der Waals surface area contributed by atoms with Gasteiger partial charge in [-0.05, 0) is 42.5 Å². The molecule has 37 heavy (non-hydrogen) atoms. The summed E-state index contributed by atoms with van der Waals surface area (Å²) in [5, 5.41) is 8.78. The number of primary amides is 1. The lowest BCUT2D eigenvalue weighted by Gasteiger charge is -2.12. The summed E-state index contributed by atoms with van der Waals surface area (Å²) in [6.45, 7) is 0. The first kappa shape index (κ1) is 23.6. The minimum Gasteiger partial charge on any atom is -0.398 e. The Morgan fingerprint density at radius 2 is 1.73 bits per heavy atom. The van der Waals surface area contributed by atoms with Crippen molar-refractivity contribution in [2.75, 3.05) is 16.4 Å². The van der Waals surface area contributed by atoms with Gasteiger partial charge in [0, 0.05) is 57.7 Å². The Bertz CT molecular complexity index is 1600. The normalized spacial score (nSPS) is 10.6. The second kappa shape index (κ2) is 10.3. The van der Waals surface area contributed by atoms with Gasteiger partial charge in [-0.2, -0.15) is 0 Å². The Hall–Kier alpha value is -5.09.